The maximum Gasteiger partial charge on any atom is 0.306 e. The van der Waals surface area contributed by atoms with Gasteiger partial charge in [-0.1, -0.05) is 62.4 Å². The van der Waals surface area contributed by atoms with Crippen molar-refractivity contribution in [2.24, 2.45) is 5.92 Å². The van der Waals surface area contributed by atoms with Crippen LogP contribution < -0.4 is 0 Å². The largest absolute Gasteiger partial charge is 0.461 e. The first-order valence-electron chi connectivity index (χ1n) is 7.95. The molecular formula is C18H24O3. The van der Waals surface area contributed by atoms with E-state index < -0.39 is 0 Å². The zero-order valence-corrected chi connectivity index (χ0v) is 12.6. The highest BCUT2D eigenvalue weighted by Gasteiger charge is 2.17. The van der Waals surface area contributed by atoms with E-state index in [-0.39, 0.29) is 24.8 Å². The van der Waals surface area contributed by atoms with Crippen LogP contribution in [0.4, 0.5) is 0 Å². The molecule has 0 spiro atoms. The molecule has 0 atom stereocenters. The van der Waals surface area contributed by atoms with Crippen LogP contribution >= 0.6 is 0 Å². The molecular weight excluding hydrogens is 264 g/mol. The molecule has 0 unspecified atom stereocenters. The second kappa shape index (κ2) is 8.60. The average Bonchev–Trinajstić information content (AvgIpc) is 2.53. The van der Waals surface area contributed by atoms with Crippen LogP contribution in [0.1, 0.15) is 56.9 Å². The molecule has 21 heavy (non-hydrogen) atoms. The summed E-state index contributed by atoms with van der Waals surface area (Å²) >= 11 is 0. The summed E-state index contributed by atoms with van der Waals surface area (Å²) in [5, 5.41) is 0. The molecule has 2 rings (SSSR count). The van der Waals surface area contributed by atoms with Gasteiger partial charge in [0, 0.05) is 12.8 Å². The third kappa shape index (κ3) is 6.11. The van der Waals surface area contributed by atoms with Gasteiger partial charge in [-0.3, -0.25) is 9.59 Å². The third-order valence-corrected chi connectivity index (χ3v) is 4.09. The fourth-order valence-corrected chi connectivity index (χ4v) is 2.87. The van der Waals surface area contributed by atoms with Gasteiger partial charge in [0.2, 0.25) is 0 Å². The molecule has 1 aliphatic carbocycles. The first kappa shape index (κ1) is 15.7. The van der Waals surface area contributed by atoms with Crippen LogP contribution in [0.2, 0.25) is 0 Å². The van der Waals surface area contributed by atoms with Crippen molar-refractivity contribution >= 4 is 11.8 Å². The molecule has 1 saturated carbocycles. The van der Waals surface area contributed by atoms with Gasteiger partial charge >= 0.3 is 5.97 Å². The lowest BCUT2D eigenvalue weighted by atomic mass is 9.85. The van der Waals surface area contributed by atoms with Gasteiger partial charge < -0.3 is 4.74 Å². The lowest BCUT2D eigenvalue weighted by Gasteiger charge is -2.20. The lowest BCUT2D eigenvalue weighted by molar-refractivity contribution is -0.146. The van der Waals surface area contributed by atoms with Crippen LogP contribution in [0, 0.1) is 5.92 Å². The van der Waals surface area contributed by atoms with Gasteiger partial charge in [-0.2, -0.15) is 0 Å². The number of carbonyl (C=O) groups is 2. The predicted molar refractivity (Wildman–Crippen MR) is 81.7 cm³/mol. The van der Waals surface area contributed by atoms with E-state index in [1.165, 1.54) is 32.1 Å². The molecule has 0 N–H and O–H groups in total. The Labute approximate surface area is 126 Å². The fourth-order valence-electron chi connectivity index (χ4n) is 2.87. The molecule has 0 radical (unpaired) electrons. The van der Waals surface area contributed by atoms with E-state index in [0.717, 1.165) is 5.56 Å². The number of esters is 1. The molecule has 0 saturated heterocycles. The van der Waals surface area contributed by atoms with E-state index in [1.54, 1.807) is 0 Å². The highest BCUT2D eigenvalue weighted by molar-refractivity contribution is 5.83. The zero-order valence-electron chi connectivity index (χ0n) is 12.6. The number of hydrogen-bond donors (Lipinski definition) is 0. The highest BCUT2D eigenvalue weighted by Crippen LogP contribution is 2.26. The number of hydrogen-bond acceptors (Lipinski definition) is 3. The molecule has 3 heteroatoms. The Kier molecular flexibility index (Phi) is 6.45. The Balaban J connectivity index is 1.60. The maximum absolute atomic E-state index is 11.9. The topological polar surface area (TPSA) is 43.4 Å². The molecule has 1 aromatic rings. The predicted octanol–water partition coefficient (Wildman–Crippen LogP) is 4.05. The van der Waals surface area contributed by atoms with Crippen molar-refractivity contribution in [2.75, 3.05) is 0 Å². The molecule has 0 heterocycles. The van der Waals surface area contributed by atoms with Crippen LogP contribution in [0.3, 0.4) is 0 Å². The highest BCUT2D eigenvalue weighted by atomic mass is 16.5. The van der Waals surface area contributed by atoms with Crippen LogP contribution in [-0.4, -0.2) is 11.8 Å². The summed E-state index contributed by atoms with van der Waals surface area (Å²) in [5.74, 6) is 0.473. The molecule has 1 aromatic carbocycles. The monoisotopic (exact) mass is 288 g/mol. The smallest absolute Gasteiger partial charge is 0.306 e. The van der Waals surface area contributed by atoms with Gasteiger partial charge in [0.05, 0.1) is 6.42 Å². The van der Waals surface area contributed by atoms with Crippen molar-refractivity contribution < 1.29 is 14.3 Å². The minimum atomic E-state index is -0.282. The number of rotatable bonds is 7. The van der Waals surface area contributed by atoms with E-state index in [4.69, 9.17) is 4.74 Å². The molecule has 0 aromatic heterocycles. The minimum Gasteiger partial charge on any atom is -0.461 e. The molecule has 0 bridgehead atoms. The summed E-state index contributed by atoms with van der Waals surface area (Å²) in [6.07, 6.45) is 7.31. The molecule has 0 amide bonds. The maximum atomic E-state index is 11.9. The molecule has 0 aliphatic heterocycles. The Morgan fingerprint density at radius 1 is 1.00 bits per heavy atom. The van der Waals surface area contributed by atoms with Crippen molar-refractivity contribution in [1.29, 1.82) is 0 Å². The normalized spacial score (nSPS) is 15.6. The SMILES string of the molecule is O=C(CCC(=O)OCc1ccccc1)CC1CCCCC1. The number of benzene rings is 1. The van der Waals surface area contributed by atoms with E-state index in [1.807, 2.05) is 30.3 Å². The molecule has 1 fully saturated rings. The second-order valence-electron chi connectivity index (χ2n) is 5.89. The summed E-state index contributed by atoms with van der Waals surface area (Å²) in [4.78, 5) is 23.5. The van der Waals surface area contributed by atoms with Gasteiger partial charge in [0.1, 0.15) is 12.4 Å². The van der Waals surface area contributed by atoms with Gasteiger partial charge in [-0.05, 0) is 11.5 Å². The van der Waals surface area contributed by atoms with Crippen molar-refractivity contribution in [3.63, 3.8) is 0 Å². The van der Waals surface area contributed by atoms with Gasteiger partial charge in [0.25, 0.3) is 0 Å². The second-order valence-corrected chi connectivity index (χ2v) is 5.89. The van der Waals surface area contributed by atoms with Gasteiger partial charge in [-0.25, -0.2) is 0 Å². The first-order valence-corrected chi connectivity index (χ1v) is 7.95. The standard InChI is InChI=1S/C18H24O3/c19-17(13-15-7-3-1-4-8-15)11-12-18(20)21-14-16-9-5-2-6-10-16/h2,5-6,9-10,15H,1,3-4,7-8,11-14H2. The number of carbonyl (C=O) groups excluding carboxylic acids is 2. The molecule has 114 valence electrons. The summed E-state index contributed by atoms with van der Waals surface area (Å²) in [5.41, 5.74) is 0.972. The number of ether oxygens (including phenoxy) is 1. The molecule has 1 aliphatic rings. The van der Waals surface area contributed by atoms with Gasteiger partial charge in [-0.15, -0.1) is 0 Å². The van der Waals surface area contributed by atoms with Crippen LogP contribution in [0.15, 0.2) is 30.3 Å². The van der Waals surface area contributed by atoms with Crippen molar-refractivity contribution in [2.45, 2.75) is 58.0 Å². The Hall–Kier alpha value is -1.64. The summed E-state index contributed by atoms with van der Waals surface area (Å²) in [7, 11) is 0. The van der Waals surface area contributed by atoms with Crippen LogP contribution in [-0.2, 0) is 20.9 Å². The van der Waals surface area contributed by atoms with E-state index >= 15 is 0 Å². The number of Topliss-reactive ketones (excluding diaryl/α,β-unsaturated/α-hetero) is 1. The number of ketones is 1. The van der Waals surface area contributed by atoms with E-state index in [0.29, 0.717) is 18.8 Å². The van der Waals surface area contributed by atoms with Crippen molar-refractivity contribution in [3.05, 3.63) is 35.9 Å². The van der Waals surface area contributed by atoms with Crippen LogP contribution in [0.5, 0.6) is 0 Å². The quantitative estimate of drug-likeness (QED) is 0.711. The summed E-state index contributed by atoms with van der Waals surface area (Å²) in [6.45, 7) is 0.288. The zero-order chi connectivity index (χ0) is 14.9. The summed E-state index contributed by atoms with van der Waals surface area (Å²) < 4.78 is 5.18. The first-order chi connectivity index (χ1) is 10.2. The van der Waals surface area contributed by atoms with Gasteiger partial charge in [0.15, 0.2) is 0 Å². The van der Waals surface area contributed by atoms with Crippen molar-refractivity contribution in [3.8, 4) is 0 Å². The van der Waals surface area contributed by atoms with Crippen LogP contribution in [0.25, 0.3) is 0 Å². The molecule has 3 nitrogen and oxygen atoms in total. The Morgan fingerprint density at radius 3 is 2.43 bits per heavy atom. The average molecular weight is 288 g/mol. The Morgan fingerprint density at radius 2 is 1.71 bits per heavy atom. The van der Waals surface area contributed by atoms with E-state index in [9.17, 15) is 9.59 Å². The minimum absolute atomic E-state index is 0.207. The summed E-state index contributed by atoms with van der Waals surface area (Å²) in [6, 6.07) is 9.59. The van der Waals surface area contributed by atoms with E-state index in [2.05, 4.69) is 0 Å². The lowest BCUT2D eigenvalue weighted by Crippen LogP contribution is -2.13. The van der Waals surface area contributed by atoms with Crippen molar-refractivity contribution in [1.82, 2.24) is 0 Å². The Bertz CT molecular complexity index is 447. The fraction of sp³-hybridized carbons (Fsp3) is 0.556. The third-order valence-electron chi connectivity index (χ3n) is 4.09.